The summed E-state index contributed by atoms with van der Waals surface area (Å²) < 4.78 is 22.5. The van der Waals surface area contributed by atoms with Crippen molar-refractivity contribution in [1.82, 2.24) is 4.89 Å². The van der Waals surface area contributed by atoms with Crippen molar-refractivity contribution in [3.63, 3.8) is 0 Å². The van der Waals surface area contributed by atoms with Crippen LogP contribution in [0.5, 0.6) is 0 Å². The summed E-state index contributed by atoms with van der Waals surface area (Å²) in [5.74, 6) is -0.817. The molecule has 84 valence electrons. The van der Waals surface area contributed by atoms with Crippen LogP contribution in [0.25, 0.3) is 0 Å². The third kappa shape index (κ3) is 7.96. The normalized spacial score (nSPS) is 12.8. The summed E-state index contributed by atoms with van der Waals surface area (Å²) in [6.07, 6.45) is 0. The summed E-state index contributed by atoms with van der Waals surface area (Å²) in [7, 11) is -3.51. The van der Waals surface area contributed by atoms with E-state index in [0.717, 1.165) is 0 Å². The van der Waals surface area contributed by atoms with Gasteiger partial charge >= 0.3 is 0 Å². The first-order chi connectivity index (χ1) is 6.12. The van der Waals surface area contributed by atoms with Crippen LogP contribution in [0.3, 0.4) is 0 Å². The molecule has 0 aromatic rings. The fourth-order valence-electron chi connectivity index (χ4n) is 0.790. The van der Waals surface area contributed by atoms with E-state index >= 15 is 0 Å². The number of hydrogen-bond donors (Lipinski definition) is 2. The first kappa shape index (κ1) is 13.3. The van der Waals surface area contributed by atoms with Gasteiger partial charge in [0.1, 0.15) is 6.61 Å². The van der Waals surface area contributed by atoms with E-state index in [9.17, 15) is 13.2 Å². The molecule has 0 aromatic heterocycles. The quantitative estimate of drug-likeness (QED) is 0.607. The maximum absolute atomic E-state index is 11.2. The van der Waals surface area contributed by atoms with Crippen LogP contribution in [0.15, 0.2) is 0 Å². The van der Waals surface area contributed by atoms with Gasteiger partial charge < -0.3 is 5.73 Å². The molecular weight excluding hydrogens is 208 g/mol. The maximum atomic E-state index is 11.2. The molecule has 0 radical (unpaired) electrons. The molecule has 0 bridgehead atoms. The van der Waals surface area contributed by atoms with Crippen molar-refractivity contribution >= 4 is 15.9 Å². The summed E-state index contributed by atoms with van der Waals surface area (Å²) >= 11 is 0. The standard InChI is InChI=1S/C7H16N2O4S/c1-7(2,3)5-14(11,12)9-13-4-6(8)10/h9H,4-5H2,1-3H3,(H2,8,10). The molecule has 0 aliphatic carbocycles. The summed E-state index contributed by atoms with van der Waals surface area (Å²) in [5.41, 5.74) is 4.38. The molecule has 3 N–H and O–H groups in total. The zero-order chi connectivity index (χ0) is 11.4. The molecule has 0 atom stereocenters. The van der Waals surface area contributed by atoms with Gasteiger partial charge in [-0.1, -0.05) is 25.7 Å². The van der Waals surface area contributed by atoms with Gasteiger partial charge in [-0.15, -0.1) is 0 Å². The van der Waals surface area contributed by atoms with Crippen LogP contribution >= 0.6 is 0 Å². The molecule has 0 rings (SSSR count). The average molecular weight is 224 g/mol. The van der Waals surface area contributed by atoms with Gasteiger partial charge in [-0.05, 0) is 5.41 Å². The zero-order valence-corrected chi connectivity index (χ0v) is 9.35. The molecule has 0 saturated carbocycles. The molecule has 0 heterocycles. The molecule has 0 aromatic carbocycles. The molecule has 1 amide bonds. The minimum absolute atomic E-state index is 0.0846. The van der Waals surface area contributed by atoms with Crippen LogP contribution in [-0.4, -0.2) is 26.7 Å². The van der Waals surface area contributed by atoms with Crippen molar-refractivity contribution < 1.29 is 18.0 Å². The highest BCUT2D eigenvalue weighted by Crippen LogP contribution is 2.14. The van der Waals surface area contributed by atoms with E-state index in [1.807, 2.05) is 4.89 Å². The first-order valence-electron chi connectivity index (χ1n) is 4.02. The number of nitrogens with two attached hydrogens (primary N) is 1. The number of hydrogen-bond acceptors (Lipinski definition) is 4. The summed E-state index contributed by atoms with van der Waals surface area (Å²) in [6, 6.07) is 0. The molecule has 7 heteroatoms. The molecule has 0 aliphatic rings. The van der Waals surface area contributed by atoms with Crippen LogP contribution in [0.1, 0.15) is 20.8 Å². The van der Waals surface area contributed by atoms with Gasteiger partial charge in [0.15, 0.2) is 0 Å². The Kier molecular flexibility index (Phi) is 4.50. The molecule has 0 spiro atoms. The molecule has 0 saturated heterocycles. The van der Waals surface area contributed by atoms with Gasteiger partial charge in [-0.3, -0.25) is 9.63 Å². The summed E-state index contributed by atoms with van der Waals surface area (Å²) in [5, 5.41) is 0. The third-order valence-corrected chi connectivity index (χ3v) is 2.64. The monoisotopic (exact) mass is 224 g/mol. The van der Waals surface area contributed by atoms with Gasteiger partial charge in [-0.25, -0.2) is 8.42 Å². The number of rotatable bonds is 5. The van der Waals surface area contributed by atoms with E-state index in [1.54, 1.807) is 20.8 Å². The summed E-state index contributed by atoms with van der Waals surface area (Å²) in [6.45, 7) is 4.87. The minimum atomic E-state index is -3.51. The van der Waals surface area contributed by atoms with E-state index < -0.39 is 22.5 Å². The van der Waals surface area contributed by atoms with Crippen molar-refractivity contribution in [1.29, 1.82) is 0 Å². The van der Waals surface area contributed by atoms with Crippen molar-refractivity contribution in [3.05, 3.63) is 0 Å². The van der Waals surface area contributed by atoms with Gasteiger partial charge in [0, 0.05) is 0 Å². The highest BCUT2D eigenvalue weighted by molar-refractivity contribution is 7.89. The van der Waals surface area contributed by atoms with E-state index in [1.165, 1.54) is 0 Å². The van der Waals surface area contributed by atoms with Gasteiger partial charge in [0.2, 0.25) is 15.9 Å². The highest BCUT2D eigenvalue weighted by atomic mass is 32.2. The Morgan fingerprint density at radius 2 is 1.93 bits per heavy atom. The first-order valence-corrected chi connectivity index (χ1v) is 5.67. The fourth-order valence-corrected chi connectivity index (χ4v) is 2.23. The minimum Gasteiger partial charge on any atom is -0.368 e. The Hall–Kier alpha value is -0.660. The number of sulfonamides is 1. The molecular formula is C7H16N2O4S. The van der Waals surface area contributed by atoms with Crippen molar-refractivity contribution in [2.24, 2.45) is 11.1 Å². The lowest BCUT2D eigenvalue weighted by Gasteiger charge is -2.17. The van der Waals surface area contributed by atoms with E-state index in [4.69, 9.17) is 5.73 Å². The molecule has 0 unspecified atom stereocenters. The van der Waals surface area contributed by atoms with Crippen LogP contribution in [0.4, 0.5) is 0 Å². The van der Waals surface area contributed by atoms with E-state index in [2.05, 4.69) is 4.84 Å². The van der Waals surface area contributed by atoms with Crippen molar-refractivity contribution in [3.8, 4) is 0 Å². The second-order valence-electron chi connectivity index (χ2n) is 4.16. The predicted molar refractivity (Wildman–Crippen MR) is 51.5 cm³/mol. The Morgan fingerprint density at radius 3 is 2.29 bits per heavy atom. The number of carbonyl (C=O) groups is 1. The molecule has 14 heavy (non-hydrogen) atoms. The molecule has 6 nitrogen and oxygen atoms in total. The van der Waals surface area contributed by atoms with Gasteiger partial charge in [0.25, 0.3) is 0 Å². The highest BCUT2D eigenvalue weighted by Gasteiger charge is 2.21. The zero-order valence-electron chi connectivity index (χ0n) is 8.53. The Bertz CT molecular complexity index is 291. The smallest absolute Gasteiger partial charge is 0.245 e. The lowest BCUT2D eigenvalue weighted by molar-refractivity contribution is -0.123. The lowest BCUT2D eigenvalue weighted by Crippen LogP contribution is -2.34. The van der Waals surface area contributed by atoms with Gasteiger partial charge in [-0.2, -0.15) is 0 Å². The largest absolute Gasteiger partial charge is 0.368 e. The SMILES string of the molecule is CC(C)(C)CS(=O)(=O)NOCC(N)=O. The van der Waals surface area contributed by atoms with E-state index in [-0.39, 0.29) is 11.2 Å². The van der Waals surface area contributed by atoms with Crippen LogP contribution < -0.4 is 10.6 Å². The fraction of sp³-hybridized carbons (Fsp3) is 0.857. The molecule has 0 fully saturated rings. The number of carbonyl (C=O) groups excluding carboxylic acids is 1. The topological polar surface area (TPSA) is 98.5 Å². The summed E-state index contributed by atoms with van der Waals surface area (Å²) in [4.78, 5) is 16.4. The molecule has 0 aliphatic heterocycles. The van der Waals surface area contributed by atoms with Crippen molar-refractivity contribution in [2.45, 2.75) is 20.8 Å². The average Bonchev–Trinajstić information content (AvgIpc) is 1.78. The van der Waals surface area contributed by atoms with Crippen LogP contribution in [0.2, 0.25) is 0 Å². The van der Waals surface area contributed by atoms with Crippen molar-refractivity contribution in [2.75, 3.05) is 12.4 Å². The van der Waals surface area contributed by atoms with Crippen LogP contribution in [0, 0.1) is 5.41 Å². The second kappa shape index (κ2) is 4.72. The number of nitrogens with one attached hydrogen (secondary N) is 1. The van der Waals surface area contributed by atoms with Crippen LogP contribution in [-0.2, 0) is 19.7 Å². The number of primary amides is 1. The maximum Gasteiger partial charge on any atom is 0.245 e. The van der Waals surface area contributed by atoms with E-state index in [0.29, 0.717) is 0 Å². The van der Waals surface area contributed by atoms with Gasteiger partial charge in [0.05, 0.1) is 5.75 Å². The Balaban J connectivity index is 4.04. The predicted octanol–water partition coefficient (Wildman–Crippen LogP) is -0.631. The Labute approximate surface area is 83.8 Å². The Morgan fingerprint density at radius 1 is 1.43 bits per heavy atom. The number of amides is 1. The third-order valence-electron chi connectivity index (χ3n) is 1.02. The lowest BCUT2D eigenvalue weighted by atomic mass is 10.0. The second-order valence-corrected chi connectivity index (χ2v) is 5.84.